The molecule has 0 radical (unpaired) electrons. The van der Waals surface area contributed by atoms with E-state index in [1.54, 1.807) is 0 Å². The molecule has 0 aromatic rings. The van der Waals surface area contributed by atoms with Gasteiger partial charge in [-0.3, -0.25) is 0 Å². The van der Waals surface area contributed by atoms with Crippen LogP contribution in [0.5, 0.6) is 0 Å². The van der Waals surface area contributed by atoms with Gasteiger partial charge in [0.2, 0.25) is 5.67 Å². The van der Waals surface area contributed by atoms with Crippen molar-refractivity contribution < 1.29 is 17.6 Å². The first kappa shape index (κ1) is 11.7. The zero-order valence-corrected chi connectivity index (χ0v) is 7.72. The van der Waals surface area contributed by atoms with Crippen molar-refractivity contribution in [1.82, 2.24) is 0 Å². The second-order valence-corrected chi connectivity index (χ2v) is 3.90. The maximum absolute atomic E-state index is 13.4. The molecule has 0 aromatic carbocycles. The number of rotatable bonds is 1. The van der Waals surface area contributed by atoms with Gasteiger partial charge in [0.25, 0.3) is 0 Å². The van der Waals surface area contributed by atoms with Crippen LogP contribution in [0.4, 0.5) is 17.6 Å². The van der Waals surface area contributed by atoms with Gasteiger partial charge in [0.1, 0.15) is 0 Å². The van der Waals surface area contributed by atoms with Crippen LogP contribution in [0.25, 0.3) is 0 Å². The van der Waals surface area contributed by atoms with Gasteiger partial charge < -0.3 is 0 Å². The Balaban J connectivity index is 4.95. The number of halogens is 4. The zero-order chi connectivity index (χ0) is 10.2. The zero-order valence-electron chi connectivity index (χ0n) is 7.72. The van der Waals surface area contributed by atoms with Crippen LogP contribution in [0.2, 0.25) is 0 Å². The topological polar surface area (TPSA) is 0 Å². The lowest BCUT2D eigenvalue weighted by Crippen LogP contribution is -2.50. The highest BCUT2D eigenvalue weighted by atomic mass is 19.4. The van der Waals surface area contributed by atoms with Crippen LogP contribution < -0.4 is 0 Å². The molecule has 0 spiro atoms. The summed E-state index contributed by atoms with van der Waals surface area (Å²) in [4.78, 5) is 0. The van der Waals surface area contributed by atoms with Crippen molar-refractivity contribution in [2.45, 2.75) is 46.0 Å². The van der Waals surface area contributed by atoms with Crippen molar-refractivity contribution in [3.05, 3.63) is 0 Å². The van der Waals surface area contributed by atoms with E-state index in [4.69, 9.17) is 0 Å². The Morgan fingerprint density at radius 2 is 1.25 bits per heavy atom. The molecule has 12 heavy (non-hydrogen) atoms. The van der Waals surface area contributed by atoms with Crippen LogP contribution in [-0.2, 0) is 0 Å². The van der Waals surface area contributed by atoms with Gasteiger partial charge in [-0.2, -0.15) is 13.2 Å². The van der Waals surface area contributed by atoms with Gasteiger partial charge in [0.15, 0.2) is 0 Å². The molecule has 0 bridgehead atoms. The Kier molecular flexibility index (Phi) is 2.82. The van der Waals surface area contributed by atoms with Crippen molar-refractivity contribution in [2.75, 3.05) is 0 Å². The van der Waals surface area contributed by atoms with Crippen LogP contribution >= 0.6 is 0 Å². The minimum Gasteiger partial charge on any atom is -0.233 e. The fourth-order valence-electron chi connectivity index (χ4n) is 1.16. The molecule has 0 fully saturated rings. The van der Waals surface area contributed by atoms with Gasteiger partial charge in [0.05, 0.1) is 0 Å². The van der Waals surface area contributed by atoms with E-state index in [-0.39, 0.29) is 0 Å². The molecular weight excluding hydrogens is 172 g/mol. The molecule has 4 heteroatoms. The van der Waals surface area contributed by atoms with E-state index < -0.39 is 23.7 Å². The van der Waals surface area contributed by atoms with Gasteiger partial charge in [-0.25, -0.2) is 4.39 Å². The first-order chi connectivity index (χ1) is 5.06. The SMILES string of the molecule is CCC(F)(C(C)(C)C)C(F)(F)F. The Morgan fingerprint density at radius 1 is 0.917 bits per heavy atom. The summed E-state index contributed by atoms with van der Waals surface area (Å²) >= 11 is 0. The Bertz CT molecular complexity index is 137. The van der Waals surface area contributed by atoms with Crippen molar-refractivity contribution >= 4 is 0 Å². The van der Waals surface area contributed by atoms with Crippen LogP contribution in [0, 0.1) is 5.41 Å². The lowest BCUT2D eigenvalue weighted by atomic mass is 9.76. The second-order valence-electron chi connectivity index (χ2n) is 3.90. The molecule has 74 valence electrons. The molecule has 0 heterocycles. The summed E-state index contributed by atoms with van der Waals surface area (Å²) in [6, 6.07) is 0. The molecule has 0 nitrogen and oxygen atoms in total. The third-order valence-electron chi connectivity index (χ3n) is 2.13. The predicted octanol–water partition coefficient (Wildman–Crippen LogP) is 3.71. The molecule has 0 saturated carbocycles. The molecule has 0 aliphatic carbocycles. The third-order valence-corrected chi connectivity index (χ3v) is 2.13. The molecule has 0 N–H and O–H groups in total. The van der Waals surface area contributed by atoms with E-state index in [9.17, 15) is 17.6 Å². The lowest BCUT2D eigenvalue weighted by Gasteiger charge is -2.38. The van der Waals surface area contributed by atoms with E-state index in [1.165, 1.54) is 27.7 Å². The van der Waals surface area contributed by atoms with Crippen molar-refractivity contribution in [1.29, 1.82) is 0 Å². The Labute approximate surface area is 70.0 Å². The van der Waals surface area contributed by atoms with Gasteiger partial charge in [-0.1, -0.05) is 27.7 Å². The molecule has 0 amide bonds. The van der Waals surface area contributed by atoms with Gasteiger partial charge in [-0.15, -0.1) is 0 Å². The maximum Gasteiger partial charge on any atom is 0.422 e. The first-order valence-electron chi connectivity index (χ1n) is 3.82. The molecule has 0 aromatic heterocycles. The monoisotopic (exact) mass is 186 g/mol. The summed E-state index contributed by atoms with van der Waals surface area (Å²) in [5.41, 5.74) is -4.49. The molecule has 0 rings (SSSR count). The summed E-state index contributed by atoms with van der Waals surface area (Å²) in [5, 5.41) is 0. The minimum absolute atomic E-state index is 0.542. The minimum atomic E-state index is -4.78. The highest BCUT2D eigenvalue weighted by Crippen LogP contribution is 2.48. The third kappa shape index (κ3) is 1.72. The predicted molar refractivity (Wildman–Crippen MR) is 39.6 cm³/mol. The Morgan fingerprint density at radius 3 is 1.25 bits per heavy atom. The molecule has 0 aliphatic rings. The van der Waals surface area contributed by atoms with Crippen molar-refractivity contribution in [3.8, 4) is 0 Å². The fraction of sp³-hybridized carbons (Fsp3) is 1.00. The van der Waals surface area contributed by atoms with Gasteiger partial charge >= 0.3 is 6.18 Å². The van der Waals surface area contributed by atoms with E-state index in [0.717, 1.165) is 0 Å². The van der Waals surface area contributed by atoms with Crippen molar-refractivity contribution in [3.63, 3.8) is 0 Å². The lowest BCUT2D eigenvalue weighted by molar-refractivity contribution is -0.263. The van der Waals surface area contributed by atoms with E-state index in [0.29, 0.717) is 0 Å². The first-order valence-corrected chi connectivity index (χ1v) is 3.82. The quantitative estimate of drug-likeness (QED) is 0.547. The van der Waals surface area contributed by atoms with E-state index >= 15 is 0 Å². The smallest absolute Gasteiger partial charge is 0.233 e. The summed E-state index contributed by atoms with van der Waals surface area (Å²) < 4.78 is 50.1. The molecule has 0 aliphatic heterocycles. The van der Waals surface area contributed by atoms with E-state index in [2.05, 4.69) is 0 Å². The molecular formula is C8H14F4. The highest BCUT2D eigenvalue weighted by molar-refractivity contribution is 4.96. The standard InChI is InChI=1S/C8H14F4/c1-5-7(9,6(2,3)4)8(10,11)12/h5H2,1-4H3. The molecule has 0 saturated heterocycles. The summed E-state index contributed by atoms with van der Waals surface area (Å²) in [7, 11) is 0. The maximum atomic E-state index is 13.4. The number of hydrogen-bond donors (Lipinski definition) is 0. The van der Waals surface area contributed by atoms with Gasteiger partial charge in [0, 0.05) is 5.41 Å². The largest absolute Gasteiger partial charge is 0.422 e. The molecule has 1 atom stereocenters. The van der Waals surface area contributed by atoms with Gasteiger partial charge in [-0.05, 0) is 6.42 Å². The Hall–Kier alpha value is -0.280. The number of hydrogen-bond acceptors (Lipinski definition) is 0. The number of alkyl halides is 4. The molecule has 1 unspecified atom stereocenters. The van der Waals surface area contributed by atoms with E-state index in [1.807, 2.05) is 0 Å². The normalized spacial score (nSPS) is 19.0. The second kappa shape index (κ2) is 2.89. The highest BCUT2D eigenvalue weighted by Gasteiger charge is 2.61. The van der Waals surface area contributed by atoms with Crippen molar-refractivity contribution in [2.24, 2.45) is 5.41 Å². The van der Waals surface area contributed by atoms with Crippen LogP contribution in [0.1, 0.15) is 34.1 Å². The van der Waals surface area contributed by atoms with Crippen LogP contribution in [-0.4, -0.2) is 11.8 Å². The van der Waals surface area contributed by atoms with Crippen LogP contribution in [0.3, 0.4) is 0 Å². The summed E-state index contributed by atoms with van der Waals surface area (Å²) in [6.45, 7) is 4.97. The average Bonchev–Trinajstić information content (AvgIpc) is 1.81. The summed E-state index contributed by atoms with van der Waals surface area (Å²) in [6.07, 6.45) is -5.32. The summed E-state index contributed by atoms with van der Waals surface area (Å²) in [5.74, 6) is 0. The average molecular weight is 186 g/mol. The van der Waals surface area contributed by atoms with Crippen LogP contribution in [0.15, 0.2) is 0 Å². The fourth-order valence-corrected chi connectivity index (χ4v) is 1.16.